The molecule has 492 valence electrons. The highest BCUT2D eigenvalue weighted by molar-refractivity contribution is 7.47. The van der Waals surface area contributed by atoms with Gasteiger partial charge in [-0.3, -0.25) is 42.6 Å². The third kappa shape index (κ3) is 12.8. The first kappa shape index (κ1) is 68.5. The molecule has 7 amide bonds. The first-order valence-electron chi connectivity index (χ1n) is 30.3. The number of carbonyl (C=O) groups excluding carboxylic acids is 7. The molecule has 7 heterocycles. The molecule has 2 unspecified atom stereocenters. The Morgan fingerprint density at radius 2 is 1.39 bits per heavy atom. The number of nitrogens with two attached hydrogens (primary N) is 6. The first-order valence-corrected chi connectivity index (χ1v) is 31.8. The number of ether oxygens (including phenoxy) is 1. The van der Waals surface area contributed by atoms with Crippen molar-refractivity contribution < 1.29 is 67.0 Å². The zero-order chi connectivity index (χ0) is 66.7. The van der Waals surface area contributed by atoms with Crippen LogP contribution in [0.3, 0.4) is 0 Å². The highest BCUT2D eigenvalue weighted by atomic mass is 31.2. The average molecular weight is 1270 g/mol. The number of rotatable bonds is 26. The maximum absolute atomic E-state index is 14.4. The van der Waals surface area contributed by atoms with E-state index in [0.29, 0.717) is 67.5 Å². The number of phosphoric ester groups is 1. The zero-order valence-corrected chi connectivity index (χ0v) is 54.1. The topological polar surface area (TPSA) is 459 Å². The summed E-state index contributed by atoms with van der Waals surface area (Å²) in [7, 11) is -5.07. The molecule has 12 atom stereocenters. The number of primary amides is 6. The SMILES string of the molecule is C/C1=C2/NC(=C(CC(N)=O)[C@@]2(C)CCC(=O)NC[C@@H](C)OP(=O)(O)O[C@H]2[C@@H](O)[C@@H](n3cnc4cc(C)c(C)cc43)O[C@@H]2CO)[C@]2(C)NC(=C(CCC(N)=O)[C@]2(C)CC(N)=O)/C(C)=C2\NC(/C=C3\NC1=C(CCC(N)=O)C3(C)C)[C@@H](CCC(N)=O)[C@]2(C)CC(N)=O. The highest BCUT2D eigenvalue weighted by Crippen LogP contribution is 2.61. The van der Waals surface area contributed by atoms with Crippen molar-refractivity contribution in [3.05, 3.63) is 97.7 Å². The number of aromatic nitrogens is 2. The van der Waals surface area contributed by atoms with E-state index in [1.165, 1.54) is 13.3 Å². The molecular formula is C62H90N13O14P. The summed E-state index contributed by atoms with van der Waals surface area (Å²) in [6.45, 7) is 19.3. The second-order valence-corrected chi connectivity index (χ2v) is 27.9. The summed E-state index contributed by atoms with van der Waals surface area (Å²) >= 11 is 0. The van der Waals surface area contributed by atoms with Crippen LogP contribution in [0.2, 0.25) is 0 Å². The standard InChI is InChI=1S/C62H90N13O14P/c1-29-20-39-40(21-30(29)2)75(28-70-39)57-52(84)53(41(27-76)87-57)89-90(85,86)88-31(3)26-69-49(83)18-19-59(8)37(22-46(66)80)56-62(11)61(10,25-48(68)82)36(14-17-45(65)79)51(74-62)33(5)55-60(9,24-47(67)81)34(12-15-43(63)77)38(71-55)23-42-58(6,7)35(13-16-44(64)78)50(72-42)32(4)54(59)73-56/h20-21,23,28,31,34,38,41,52-53,57,71-74,76,84H,12-19,22,24-27H2,1-11H3,(H2,63,77)(H2,64,78)(H2,65,79)(H2,66,80)(H2,67,81)(H2,68,82)(H,69,83)(H,85,86)/b42-23-,54-32-,55-33-/t31-,34-,38?,41-,52-,53-,57+,59-,60+,61+,62+/m1/s1. The van der Waals surface area contributed by atoms with Crippen LogP contribution in [-0.2, 0) is 51.9 Å². The van der Waals surface area contributed by atoms with Crippen molar-refractivity contribution in [3.63, 3.8) is 0 Å². The van der Waals surface area contributed by atoms with E-state index in [1.54, 1.807) is 4.57 Å². The number of carbonyl (C=O) groups is 7. The number of imidazole rings is 1. The van der Waals surface area contributed by atoms with E-state index in [9.17, 15) is 53.2 Å². The lowest BCUT2D eigenvalue weighted by molar-refractivity contribution is -0.122. The molecule has 0 radical (unpaired) electrons. The summed E-state index contributed by atoms with van der Waals surface area (Å²) in [6.07, 6.45) is -4.25. The van der Waals surface area contributed by atoms with Crippen molar-refractivity contribution in [2.75, 3.05) is 13.2 Å². The van der Waals surface area contributed by atoms with Crippen molar-refractivity contribution in [2.24, 2.45) is 62.0 Å². The van der Waals surface area contributed by atoms with Crippen LogP contribution >= 0.6 is 7.82 Å². The van der Waals surface area contributed by atoms with E-state index in [2.05, 4.69) is 31.6 Å². The number of allylic oxidation sites excluding steroid dienone is 5. The van der Waals surface area contributed by atoms with Gasteiger partial charge in [0.25, 0.3) is 0 Å². The maximum atomic E-state index is 14.4. The molecule has 1 aromatic heterocycles. The number of aliphatic hydroxyl groups is 2. The number of aryl methyl sites for hydroxylation is 2. The largest absolute Gasteiger partial charge is 0.472 e. The number of hydrogen-bond donors (Lipinski definition) is 14. The Bertz CT molecular complexity index is 3590. The lowest BCUT2D eigenvalue weighted by Gasteiger charge is -2.44. The van der Waals surface area contributed by atoms with Crippen LogP contribution in [-0.4, -0.2) is 115 Å². The molecule has 6 aliphatic heterocycles. The molecular weight excluding hydrogens is 1180 g/mol. The minimum absolute atomic E-state index is 0.0165. The van der Waals surface area contributed by atoms with Gasteiger partial charge >= 0.3 is 7.82 Å². The summed E-state index contributed by atoms with van der Waals surface area (Å²) in [6, 6.07) is 3.13. The summed E-state index contributed by atoms with van der Waals surface area (Å²) in [5, 5.41) is 39.6. The molecule has 2 fully saturated rings. The number of amides is 7. The lowest BCUT2D eigenvalue weighted by atomic mass is 9.62. The van der Waals surface area contributed by atoms with E-state index in [4.69, 9.17) is 48.2 Å². The number of aliphatic hydroxyl groups excluding tert-OH is 2. The minimum Gasteiger partial charge on any atom is -0.394 e. The van der Waals surface area contributed by atoms with E-state index in [-0.39, 0.29) is 77.2 Å². The molecule has 0 spiro atoms. The van der Waals surface area contributed by atoms with Crippen LogP contribution in [0.4, 0.5) is 0 Å². The summed E-state index contributed by atoms with van der Waals surface area (Å²) in [4.78, 5) is 109. The molecule has 90 heavy (non-hydrogen) atoms. The van der Waals surface area contributed by atoms with Gasteiger partial charge in [-0.15, -0.1) is 0 Å². The van der Waals surface area contributed by atoms with Crippen LogP contribution in [0.1, 0.15) is 150 Å². The molecule has 0 aliphatic carbocycles. The van der Waals surface area contributed by atoms with Gasteiger partial charge in [-0.05, 0) is 130 Å². The molecule has 28 heteroatoms. The van der Waals surface area contributed by atoms with Crippen molar-refractivity contribution in [2.45, 2.75) is 189 Å². The van der Waals surface area contributed by atoms with Gasteiger partial charge < -0.3 is 85.4 Å². The van der Waals surface area contributed by atoms with Crippen molar-refractivity contribution in [3.8, 4) is 0 Å². The van der Waals surface area contributed by atoms with E-state index >= 15 is 0 Å². The van der Waals surface area contributed by atoms with Crippen molar-refractivity contribution in [1.29, 1.82) is 0 Å². The Morgan fingerprint density at radius 1 is 0.778 bits per heavy atom. The van der Waals surface area contributed by atoms with Crippen molar-refractivity contribution >= 4 is 60.2 Å². The van der Waals surface area contributed by atoms with E-state index in [0.717, 1.165) is 16.7 Å². The molecule has 20 N–H and O–H groups in total. The number of nitrogens with zero attached hydrogens (tertiary/aromatic N) is 2. The predicted molar refractivity (Wildman–Crippen MR) is 331 cm³/mol. The Morgan fingerprint density at radius 3 is 1.99 bits per heavy atom. The quantitative estimate of drug-likeness (QED) is 0.0602. The Labute approximate surface area is 523 Å². The van der Waals surface area contributed by atoms with Crippen LogP contribution in [0.15, 0.2) is 86.6 Å². The highest BCUT2D eigenvalue weighted by Gasteiger charge is 2.61. The third-order valence-corrected chi connectivity index (χ3v) is 21.1. The molecule has 1 aromatic carbocycles. The average Bonchev–Trinajstić information content (AvgIpc) is 1.53. The summed E-state index contributed by atoms with van der Waals surface area (Å²) < 4.78 is 32.3. The van der Waals surface area contributed by atoms with Crippen LogP contribution in [0.5, 0.6) is 0 Å². The molecule has 6 aliphatic rings. The third-order valence-electron chi connectivity index (χ3n) is 20.0. The van der Waals surface area contributed by atoms with Gasteiger partial charge in [0.05, 0.1) is 42.0 Å². The fourth-order valence-electron chi connectivity index (χ4n) is 14.9. The molecule has 0 saturated carbocycles. The van der Waals surface area contributed by atoms with E-state index in [1.807, 2.05) is 87.4 Å². The lowest BCUT2D eigenvalue weighted by Crippen LogP contribution is -2.55. The number of benzene rings is 1. The molecule has 27 nitrogen and oxygen atoms in total. The van der Waals surface area contributed by atoms with Gasteiger partial charge in [-0.1, -0.05) is 34.6 Å². The Hall–Kier alpha value is -7.39. The molecule has 2 saturated heterocycles. The molecule has 8 rings (SSSR count). The maximum Gasteiger partial charge on any atom is 0.472 e. The zero-order valence-electron chi connectivity index (χ0n) is 53.2. The van der Waals surface area contributed by atoms with Gasteiger partial charge in [0.1, 0.15) is 18.3 Å². The first-order chi connectivity index (χ1) is 41.8. The second kappa shape index (κ2) is 25.4. The number of nitrogens with one attached hydrogen (secondary N) is 5. The fraction of sp³-hybridized carbons (Fsp3) is 0.581. The second-order valence-electron chi connectivity index (χ2n) is 26.6. The smallest absolute Gasteiger partial charge is 0.394 e. The number of hydrogen-bond acceptors (Lipinski definition) is 18. The Balaban J connectivity index is 1.20. The van der Waals surface area contributed by atoms with Crippen LogP contribution in [0, 0.1) is 41.4 Å². The summed E-state index contributed by atoms with van der Waals surface area (Å²) in [5.74, 6) is -4.91. The van der Waals surface area contributed by atoms with Gasteiger partial charge in [0, 0.05) is 107 Å². The van der Waals surface area contributed by atoms with Gasteiger partial charge in [0.15, 0.2) is 6.23 Å². The van der Waals surface area contributed by atoms with Gasteiger partial charge in [-0.25, -0.2) is 9.55 Å². The van der Waals surface area contributed by atoms with Crippen molar-refractivity contribution in [1.82, 2.24) is 36.1 Å². The van der Waals surface area contributed by atoms with Gasteiger partial charge in [-0.2, -0.15) is 0 Å². The minimum atomic E-state index is -5.07. The monoisotopic (exact) mass is 1270 g/mol. The normalized spacial score (nSPS) is 31.8. The Kier molecular flexibility index (Phi) is 19.3. The fourth-order valence-corrected chi connectivity index (χ4v) is 16.0. The van der Waals surface area contributed by atoms with Gasteiger partial charge in [0.2, 0.25) is 41.4 Å². The van der Waals surface area contributed by atoms with Crippen LogP contribution in [0.25, 0.3) is 11.0 Å². The summed E-state index contributed by atoms with van der Waals surface area (Å²) in [5.41, 5.74) is 39.4. The van der Waals surface area contributed by atoms with Crippen LogP contribution < -0.4 is 61.0 Å². The number of fused-ring (bicyclic) bond motifs is 10. The number of phosphoric acid groups is 1. The molecule has 2 aromatic rings. The molecule has 8 bridgehead atoms. The van der Waals surface area contributed by atoms with E-state index < -0.39 is 126 Å². The predicted octanol–water partition coefficient (Wildman–Crippen LogP) is 2.52.